The second-order valence-electron chi connectivity index (χ2n) is 6.19. The summed E-state index contributed by atoms with van der Waals surface area (Å²) in [6, 6.07) is 10.4. The zero-order chi connectivity index (χ0) is 21.2. The van der Waals surface area contributed by atoms with Crippen molar-refractivity contribution in [3.05, 3.63) is 75.4 Å². The predicted molar refractivity (Wildman–Crippen MR) is 107 cm³/mol. The first-order valence-electron chi connectivity index (χ1n) is 8.36. The Labute approximate surface area is 174 Å². The van der Waals surface area contributed by atoms with Crippen molar-refractivity contribution in [1.82, 2.24) is 9.78 Å². The number of urea groups is 1. The molecule has 2 aromatic carbocycles. The van der Waals surface area contributed by atoms with Gasteiger partial charge in [-0.2, -0.15) is 18.3 Å². The Morgan fingerprint density at radius 3 is 2.38 bits per heavy atom. The number of anilines is 2. The van der Waals surface area contributed by atoms with Crippen molar-refractivity contribution in [2.75, 3.05) is 10.6 Å². The summed E-state index contributed by atoms with van der Waals surface area (Å²) in [5.41, 5.74) is 0.570. The van der Waals surface area contributed by atoms with Gasteiger partial charge in [0.1, 0.15) is 0 Å². The first kappa shape index (κ1) is 21.0. The van der Waals surface area contributed by atoms with E-state index < -0.39 is 17.8 Å². The van der Waals surface area contributed by atoms with Crippen LogP contribution in [-0.2, 0) is 12.7 Å². The molecule has 5 nitrogen and oxygen atoms in total. The van der Waals surface area contributed by atoms with Crippen LogP contribution in [0.25, 0.3) is 0 Å². The molecule has 29 heavy (non-hydrogen) atoms. The van der Waals surface area contributed by atoms with Crippen molar-refractivity contribution >= 4 is 40.7 Å². The van der Waals surface area contributed by atoms with Gasteiger partial charge in [0, 0.05) is 33.1 Å². The topological polar surface area (TPSA) is 59.0 Å². The summed E-state index contributed by atoms with van der Waals surface area (Å²) in [5, 5.41) is 10.1. The molecule has 0 fully saturated rings. The van der Waals surface area contributed by atoms with Crippen LogP contribution in [0.2, 0.25) is 10.0 Å². The quantitative estimate of drug-likeness (QED) is 0.504. The minimum atomic E-state index is -4.50. The lowest BCUT2D eigenvalue weighted by molar-refractivity contribution is -0.137. The summed E-state index contributed by atoms with van der Waals surface area (Å²) in [6.45, 7) is 2.08. The van der Waals surface area contributed by atoms with E-state index in [4.69, 9.17) is 23.2 Å². The molecular weight excluding hydrogens is 428 g/mol. The third kappa shape index (κ3) is 5.21. The molecule has 152 valence electrons. The third-order valence-corrected chi connectivity index (χ3v) is 4.75. The van der Waals surface area contributed by atoms with Crippen LogP contribution >= 0.6 is 23.2 Å². The fourth-order valence-electron chi connectivity index (χ4n) is 2.62. The summed E-state index contributed by atoms with van der Waals surface area (Å²) in [4.78, 5) is 12.1. The molecule has 0 unspecified atom stereocenters. The van der Waals surface area contributed by atoms with E-state index in [9.17, 15) is 18.0 Å². The lowest BCUT2D eigenvalue weighted by atomic mass is 10.2. The molecule has 0 aliphatic carbocycles. The Morgan fingerprint density at radius 1 is 1.07 bits per heavy atom. The molecular formula is C19H15Cl2F3N4O. The number of hydrogen-bond acceptors (Lipinski definition) is 2. The summed E-state index contributed by atoms with van der Waals surface area (Å²) < 4.78 is 39.9. The zero-order valence-corrected chi connectivity index (χ0v) is 16.5. The highest BCUT2D eigenvalue weighted by Crippen LogP contribution is 2.30. The van der Waals surface area contributed by atoms with Gasteiger partial charge < -0.3 is 5.32 Å². The van der Waals surface area contributed by atoms with Crippen molar-refractivity contribution in [1.29, 1.82) is 0 Å². The predicted octanol–water partition coefficient (Wildman–Crippen LogP) is 6.21. The van der Waals surface area contributed by atoms with Crippen molar-refractivity contribution < 1.29 is 18.0 Å². The van der Waals surface area contributed by atoms with E-state index in [1.807, 2.05) is 0 Å². The molecule has 0 radical (unpaired) electrons. The molecule has 2 N–H and O–H groups in total. The minimum absolute atomic E-state index is 0.0105. The van der Waals surface area contributed by atoms with E-state index in [-0.39, 0.29) is 11.5 Å². The van der Waals surface area contributed by atoms with E-state index in [2.05, 4.69) is 15.7 Å². The number of benzene rings is 2. The van der Waals surface area contributed by atoms with Crippen LogP contribution in [0.5, 0.6) is 0 Å². The average Bonchev–Trinajstić information content (AvgIpc) is 2.96. The number of rotatable bonds is 4. The summed E-state index contributed by atoms with van der Waals surface area (Å²) in [5.74, 6) is 0.232. The Kier molecular flexibility index (Phi) is 6.04. The van der Waals surface area contributed by atoms with Gasteiger partial charge in [-0.1, -0.05) is 35.3 Å². The van der Waals surface area contributed by atoms with Gasteiger partial charge in [-0.05, 0) is 37.3 Å². The minimum Gasteiger partial charge on any atom is -0.308 e. The number of aryl methyl sites for hydroxylation is 1. The number of carbonyl (C=O) groups is 1. The highest BCUT2D eigenvalue weighted by molar-refractivity contribution is 6.35. The molecule has 3 rings (SSSR count). The lowest BCUT2D eigenvalue weighted by Gasteiger charge is -2.10. The Hall–Kier alpha value is -2.71. The maximum atomic E-state index is 12.8. The fourth-order valence-corrected chi connectivity index (χ4v) is 3.13. The molecule has 10 heteroatoms. The van der Waals surface area contributed by atoms with Crippen molar-refractivity contribution in [3.8, 4) is 0 Å². The van der Waals surface area contributed by atoms with Crippen LogP contribution in [0.4, 0.5) is 29.5 Å². The van der Waals surface area contributed by atoms with Crippen LogP contribution in [-0.4, -0.2) is 15.8 Å². The third-order valence-electron chi connectivity index (χ3n) is 4.04. The van der Waals surface area contributed by atoms with Gasteiger partial charge in [0.25, 0.3) is 0 Å². The van der Waals surface area contributed by atoms with Crippen LogP contribution in [0.1, 0.15) is 16.8 Å². The van der Waals surface area contributed by atoms with Gasteiger partial charge in [-0.25, -0.2) is 4.79 Å². The maximum Gasteiger partial charge on any atom is 0.416 e. The average molecular weight is 443 g/mol. The van der Waals surface area contributed by atoms with Gasteiger partial charge in [0.05, 0.1) is 12.1 Å². The summed E-state index contributed by atoms with van der Waals surface area (Å²) in [7, 11) is 0. The molecule has 0 spiro atoms. The summed E-state index contributed by atoms with van der Waals surface area (Å²) >= 11 is 12.3. The number of amides is 2. The number of halogens is 5. The Bertz CT molecular complexity index is 1030. The smallest absolute Gasteiger partial charge is 0.308 e. The number of nitrogens with one attached hydrogen (secondary N) is 2. The lowest BCUT2D eigenvalue weighted by Crippen LogP contribution is -2.20. The van der Waals surface area contributed by atoms with Gasteiger partial charge in [0.2, 0.25) is 0 Å². The molecule has 0 saturated carbocycles. The fraction of sp³-hybridized carbons (Fsp3) is 0.158. The summed E-state index contributed by atoms with van der Waals surface area (Å²) in [6.07, 6.45) is -4.50. The number of aromatic nitrogens is 2. The molecule has 0 saturated heterocycles. The first-order valence-corrected chi connectivity index (χ1v) is 9.11. The number of nitrogens with zero attached hydrogens (tertiary/aromatic N) is 2. The highest BCUT2D eigenvalue weighted by Gasteiger charge is 2.30. The molecule has 1 aromatic heterocycles. The first-order chi connectivity index (χ1) is 13.6. The largest absolute Gasteiger partial charge is 0.416 e. The van der Waals surface area contributed by atoms with E-state index in [0.29, 0.717) is 22.2 Å². The van der Waals surface area contributed by atoms with E-state index in [1.165, 1.54) is 12.1 Å². The Morgan fingerprint density at radius 2 is 1.72 bits per heavy atom. The molecule has 2 amide bonds. The molecule has 0 atom stereocenters. The Balaban J connectivity index is 1.70. The molecule has 0 aliphatic rings. The maximum absolute atomic E-state index is 12.8. The van der Waals surface area contributed by atoms with Gasteiger partial charge in [0.15, 0.2) is 5.82 Å². The monoisotopic (exact) mass is 442 g/mol. The van der Waals surface area contributed by atoms with Gasteiger partial charge in [-0.15, -0.1) is 0 Å². The standard InChI is InChI=1S/C19H15Cl2F3N4O/c1-11-8-17(27-28(11)10-14-15(20)6-3-7-16(14)21)26-18(29)25-13-5-2-4-12(9-13)19(22,23)24/h2-9H,10H2,1H3,(H2,25,26,27,29). The van der Waals surface area contributed by atoms with Crippen LogP contribution in [0.15, 0.2) is 48.5 Å². The SMILES string of the molecule is Cc1cc(NC(=O)Nc2cccc(C(F)(F)F)c2)nn1Cc1c(Cl)cccc1Cl. The van der Waals surface area contributed by atoms with E-state index >= 15 is 0 Å². The zero-order valence-electron chi connectivity index (χ0n) is 15.0. The molecule has 0 bridgehead atoms. The molecule has 3 aromatic rings. The highest BCUT2D eigenvalue weighted by atomic mass is 35.5. The second-order valence-corrected chi connectivity index (χ2v) is 7.00. The van der Waals surface area contributed by atoms with Gasteiger partial charge in [-0.3, -0.25) is 10.00 Å². The van der Waals surface area contributed by atoms with E-state index in [1.54, 1.807) is 35.9 Å². The van der Waals surface area contributed by atoms with Gasteiger partial charge >= 0.3 is 12.2 Å². The van der Waals surface area contributed by atoms with Crippen LogP contribution < -0.4 is 10.6 Å². The molecule has 0 aliphatic heterocycles. The van der Waals surface area contributed by atoms with Crippen LogP contribution in [0.3, 0.4) is 0 Å². The second kappa shape index (κ2) is 8.34. The number of hydrogen-bond donors (Lipinski definition) is 2. The van der Waals surface area contributed by atoms with Crippen molar-refractivity contribution in [2.45, 2.75) is 19.6 Å². The number of carbonyl (C=O) groups excluding carboxylic acids is 1. The van der Waals surface area contributed by atoms with Crippen molar-refractivity contribution in [2.24, 2.45) is 0 Å². The number of alkyl halides is 3. The van der Waals surface area contributed by atoms with Crippen molar-refractivity contribution in [3.63, 3.8) is 0 Å². The molecule has 1 heterocycles. The van der Waals surface area contributed by atoms with E-state index in [0.717, 1.165) is 17.8 Å². The van der Waals surface area contributed by atoms with Crippen LogP contribution in [0, 0.1) is 6.92 Å². The normalized spacial score (nSPS) is 11.4.